The fourth-order valence-corrected chi connectivity index (χ4v) is 6.15. The quantitative estimate of drug-likeness (QED) is 0.558. The number of nitrogens with zero attached hydrogens (tertiary/aromatic N) is 2. The Morgan fingerprint density at radius 3 is 2.72 bits per heavy atom. The van der Waals surface area contributed by atoms with E-state index < -0.39 is 15.9 Å². The summed E-state index contributed by atoms with van der Waals surface area (Å²) in [5.74, 6) is 0.915. The standard InChI is InChI=1S/C21H28N4O5S2/c26-20(24-31-15-18-8-4-5-13-29-18)19-14-22-23-21(19)32(27,28)25-11-9-17(10-12-25)30-16-6-2-1-3-7-16/h1-3,6-7,14,17-18H,4-5,8-13,15H2,(H,22,23)(H,24,26). The van der Waals surface area contributed by atoms with Crippen LogP contribution in [0.15, 0.2) is 41.6 Å². The van der Waals surface area contributed by atoms with Gasteiger partial charge < -0.3 is 9.47 Å². The minimum atomic E-state index is -3.87. The maximum Gasteiger partial charge on any atom is 0.265 e. The van der Waals surface area contributed by atoms with Crippen LogP contribution in [-0.4, -0.2) is 66.5 Å². The molecule has 1 aromatic carbocycles. The van der Waals surface area contributed by atoms with Crippen molar-refractivity contribution in [3.63, 3.8) is 0 Å². The highest BCUT2D eigenvalue weighted by atomic mass is 32.2. The third kappa shape index (κ3) is 5.64. The molecular formula is C21H28N4O5S2. The molecule has 9 nitrogen and oxygen atoms in total. The summed E-state index contributed by atoms with van der Waals surface area (Å²) in [5.41, 5.74) is 0.0183. The number of benzene rings is 1. The maximum atomic E-state index is 13.2. The first-order valence-corrected chi connectivity index (χ1v) is 13.3. The molecule has 2 aliphatic heterocycles. The van der Waals surface area contributed by atoms with Crippen molar-refractivity contribution in [2.45, 2.75) is 49.3 Å². The van der Waals surface area contributed by atoms with Crippen molar-refractivity contribution in [2.75, 3.05) is 25.4 Å². The summed E-state index contributed by atoms with van der Waals surface area (Å²) >= 11 is 1.23. The molecule has 11 heteroatoms. The van der Waals surface area contributed by atoms with Crippen LogP contribution in [0.2, 0.25) is 0 Å². The number of para-hydroxylation sites is 1. The number of aromatic amines is 1. The Morgan fingerprint density at radius 1 is 1.22 bits per heavy atom. The summed E-state index contributed by atoms with van der Waals surface area (Å²) < 4.78 is 42.0. The van der Waals surface area contributed by atoms with Crippen molar-refractivity contribution < 1.29 is 22.7 Å². The van der Waals surface area contributed by atoms with Crippen molar-refractivity contribution in [3.05, 3.63) is 42.1 Å². The molecular weight excluding hydrogens is 452 g/mol. The zero-order valence-corrected chi connectivity index (χ0v) is 19.4. The Hall–Kier alpha value is -2.08. The van der Waals surface area contributed by atoms with E-state index >= 15 is 0 Å². The van der Waals surface area contributed by atoms with Crippen LogP contribution in [0.25, 0.3) is 0 Å². The number of piperidine rings is 1. The summed E-state index contributed by atoms with van der Waals surface area (Å²) in [7, 11) is -3.87. The highest BCUT2D eigenvalue weighted by Gasteiger charge is 2.34. The average molecular weight is 481 g/mol. The predicted octanol–water partition coefficient (Wildman–Crippen LogP) is 2.59. The number of sulfonamides is 1. The Morgan fingerprint density at radius 2 is 2.00 bits per heavy atom. The third-order valence-corrected chi connectivity index (χ3v) is 8.34. The van der Waals surface area contributed by atoms with Gasteiger partial charge in [-0.3, -0.25) is 14.6 Å². The van der Waals surface area contributed by atoms with Gasteiger partial charge in [-0.1, -0.05) is 18.2 Å². The van der Waals surface area contributed by atoms with Crippen molar-refractivity contribution in [3.8, 4) is 5.75 Å². The first kappa shape index (κ1) is 23.1. The largest absolute Gasteiger partial charge is 0.490 e. The Kier molecular flexibility index (Phi) is 7.71. The van der Waals surface area contributed by atoms with Gasteiger partial charge in [-0.15, -0.1) is 0 Å². The number of rotatable bonds is 8. The first-order chi connectivity index (χ1) is 15.5. The van der Waals surface area contributed by atoms with E-state index in [4.69, 9.17) is 9.47 Å². The van der Waals surface area contributed by atoms with E-state index in [0.717, 1.165) is 31.6 Å². The number of H-pyrrole nitrogens is 1. The van der Waals surface area contributed by atoms with E-state index in [1.807, 2.05) is 30.3 Å². The lowest BCUT2D eigenvalue weighted by atomic mass is 10.1. The number of carbonyl (C=O) groups excluding carboxylic acids is 1. The van der Waals surface area contributed by atoms with Crippen LogP contribution >= 0.6 is 11.9 Å². The molecule has 3 heterocycles. The summed E-state index contributed by atoms with van der Waals surface area (Å²) in [4.78, 5) is 12.6. The summed E-state index contributed by atoms with van der Waals surface area (Å²) in [6, 6.07) is 9.50. The number of nitrogens with one attached hydrogen (secondary N) is 2. The van der Waals surface area contributed by atoms with Crippen molar-refractivity contribution in [1.82, 2.24) is 19.2 Å². The van der Waals surface area contributed by atoms with Crippen molar-refractivity contribution in [2.24, 2.45) is 0 Å². The Labute approximate surface area is 192 Å². The van der Waals surface area contributed by atoms with Crippen molar-refractivity contribution in [1.29, 1.82) is 0 Å². The molecule has 0 bridgehead atoms. The molecule has 0 radical (unpaired) electrons. The molecule has 0 saturated carbocycles. The van der Waals surface area contributed by atoms with Gasteiger partial charge in [0.25, 0.3) is 15.9 Å². The molecule has 0 aliphatic carbocycles. The monoisotopic (exact) mass is 480 g/mol. The molecule has 1 amide bonds. The smallest absolute Gasteiger partial charge is 0.265 e. The van der Waals surface area contributed by atoms with Crippen LogP contribution < -0.4 is 9.46 Å². The SMILES string of the molecule is O=C(NSCC1CCCCO1)c1cn[nH]c1S(=O)(=O)N1CCC(Oc2ccccc2)CC1. The second-order valence-corrected chi connectivity index (χ2v) is 10.6. The van der Waals surface area contributed by atoms with Crippen LogP contribution in [0.5, 0.6) is 5.75 Å². The Balaban J connectivity index is 1.32. The molecule has 1 unspecified atom stereocenters. The topological polar surface area (TPSA) is 114 Å². The molecule has 2 aromatic rings. The van der Waals surface area contributed by atoms with Gasteiger partial charge in [-0.05, 0) is 56.2 Å². The fraction of sp³-hybridized carbons (Fsp3) is 0.524. The summed E-state index contributed by atoms with van der Waals surface area (Å²) in [6.45, 7) is 1.37. The molecule has 0 spiro atoms. The number of hydrogen-bond acceptors (Lipinski definition) is 7. The van der Waals surface area contributed by atoms with E-state index in [0.29, 0.717) is 31.7 Å². The average Bonchev–Trinajstić information content (AvgIpc) is 3.32. The van der Waals surface area contributed by atoms with E-state index in [2.05, 4.69) is 14.9 Å². The lowest BCUT2D eigenvalue weighted by Crippen LogP contribution is -2.42. The normalized spacial score (nSPS) is 20.7. The molecule has 2 aliphatic rings. The summed E-state index contributed by atoms with van der Waals surface area (Å²) in [6.07, 6.45) is 5.62. The van der Waals surface area contributed by atoms with Crippen LogP contribution in [0, 0.1) is 0 Å². The number of hydrogen-bond donors (Lipinski definition) is 2. The van der Waals surface area contributed by atoms with Gasteiger partial charge in [-0.25, -0.2) is 8.42 Å². The molecule has 1 aromatic heterocycles. The van der Waals surface area contributed by atoms with Gasteiger partial charge in [-0.2, -0.15) is 9.40 Å². The molecule has 4 rings (SSSR count). The molecule has 2 N–H and O–H groups in total. The number of carbonyl (C=O) groups is 1. The second kappa shape index (κ2) is 10.7. The second-order valence-electron chi connectivity index (χ2n) is 7.88. The lowest BCUT2D eigenvalue weighted by Gasteiger charge is -2.31. The molecule has 2 saturated heterocycles. The maximum absolute atomic E-state index is 13.2. The molecule has 174 valence electrons. The van der Waals surface area contributed by atoms with E-state index in [9.17, 15) is 13.2 Å². The van der Waals surface area contributed by atoms with Gasteiger partial charge in [0, 0.05) is 25.4 Å². The van der Waals surface area contributed by atoms with Gasteiger partial charge in [0.1, 0.15) is 11.9 Å². The zero-order valence-electron chi connectivity index (χ0n) is 17.7. The summed E-state index contributed by atoms with van der Waals surface area (Å²) in [5, 5.41) is 6.16. The van der Waals surface area contributed by atoms with E-state index in [1.54, 1.807) is 0 Å². The van der Waals surface area contributed by atoms with Crippen LogP contribution in [-0.2, 0) is 14.8 Å². The van der Waals surface area contributed by atoms with Crippen LogP contribution in [0.4, 0.5) is 0 Å². The van der Waals surface area contributed by atoms with Gasteiger partial charge in [0.2, 0.25) is 0 Å². The van der Waals surface area contributed by atoms with E-state index in [1.165, 1.54) is 22.4 Å². The highest BCUT2D eigenvalue weighted by molar-refractivity contribution is 7.98. The fourth-order valence-electron chi connectivity index (χ4n) is 3.84. The predicted molar refractivity (Wildman–Crippen MR) is 121 cm³/mol. The molecule has 2 fully saturated rings. The van der Waals surface area contributed by atoms with Gasteiger partial charge >= 0.3 is 0 Å². The van der Waals surface area contributed by atoms with Crippen LogP contribution in [0.1, 0.15) is 42.5 Å². The van der Waals surface area contributed by atoms with Crippen LogP contribution in [0.3, 0.4) is 0 Å². The van der Waals surface area contributed by atoms with Crippen molar-refractivity contribution >= 4 is 27.9 Å². The van der Waals surface area contributed by atoms with Gasteiger partial charge in [0.05, 0.1) is 17.9 Å². The molecule has 32 heavy (non-hydrogen) atoms. The lowest BCUT2D eigenvalue weighted by molar-refractivity contribution is 0.0315. The minimum Gasteiger partial charge on any atom is -0.490 e. The van der Waals surface area contributed by atoms with Gasteiger partial charge in [0.15, 0.2) is 5.03 Å². The number of amides is 1. The number of ether oxygens (including phenoxy) is 2. The number of aromatic nitrogens is 2. The molecule has 1 atom stereocenters. The third-order valence-electron chi connectivity index (χ3n) is 5.60. The highest BCUT2D eigenvalue weighted by Crippen LogP contribution is 2.25. The minimum absolute atomic E-state index is 0.0183. The Bertz CT molecular complexity index is 985. The zero-order chi connectivity index (χ0) is 22.4. The van der Waals surface area contributed by atoms with E-state index in [-0.39, 0.29) is 22.8 Å². The first-order valence-electron chi connectivity index (χ1n) is 10.8.